The molecule has 8 heteroatoms. The fourth-order valence-corrected chi connectivity index (χ4v) is 2.61. The van der Waals surface area contributed by atoms with E-state index in [-0.39, 0.29) is 5.75 Å². The Labute approximate surface area is 96.1 Å². The lowest BCUT2D eigenvalue weighted by Gasteiger charge is -2.25. The van der Waals surface area contributed by atoms with E-state index in [0.29, 0.717) is 0 Å². The zero-order chi connectivity index (χ0) is 12.3. The van der Waals surface area contributed by atoms with Crippen LogP contribution in [0, 0.1) is 0 Å². The van der Waals surface area contributed by atoms with Gasteiger partial charge in [0.2, 0.25) is 0 Å². The maximum Gasteiger partial charge on any atom is 0.321 e. The number of hydrogen-bond donors (Lipinski definition) is 6. The fraction of sp³-hybridized carbons (Fsp3) is 0.875. The number of rotatable bonds is 5. The first kappa shape index (κ1) is 13.7. The largest absolute Gasteiger partial charge is 0.480 e. The molecule has 0 spiro atoms. The van der Waals surface area contributed by atoms with Crippen molar-refractivity contribution in [1.29, 1.82) is 0 Å². The molecule has 1 aliphatic heterocycles. The lowest BCUT2D eigenvalue weighted by atomic mass is 10.1. The van der Waals surface area contributed by atoms with Crippen LogP contribution in [0.25, 0.3) is 0 Å². The van der Waals surface area contributed by atoms with Gasteiger partial charge in [-0.3, -0.25) is 10.1 Å². The highest BCUT2D eigenvalue weighted by Crippen LogP contribution is 2.24. The van der Waals surface area contributed by atoms with Gasteiger partial charge in [-0.1, -0.05) is 0 Å². The van der Waals surface area contributed by atoms with E-state index in [4.69, 9.17) is 15.3 Å². The van der Waals surface area contributed by atoms with Crippen LogP contribution in [0.5, 0.6) is 0 Å². The monoisotopic (exact) mass is 253 g/mol. The van der Waals surface area contributed by atoms with E-state index >= 15 is 0 Å². The van der Waals surface area contributed by atoms with Crippen molar-refractivity contribution in [2.45, 2.75) is 29.7 Å². The molecule has 0 aromatic heterocycles. The van der Waals surface area contributed by atoms with Crippen LogP contribution in [0.2, 0.25) is 0 Å². The number of nitrogens with one attached hydrogen (secondary N) is 1. The molecule has 94 valence electrons. The van der Waals surface area contributed by atoms with Crippen LogP contribution in [-0.4, -0.2) is 73.6 Å². The minimum absolute atomic E-state index is 0.277. The Morgan fingerprint density at radius 2 is 2.06 bits per heavy atom. The fourth-order valence-electron chi connectivity index (χ4n) is 1.35. The molecule has 1 saturated heterocycles. The molecule has 0 aromatic carbocycles. The zero-order valence-electron chi connectivity index (χ0n) is 8.35. The average Bonchev–Trinajstić information content (AvgIpc) is 2.75. The third-order valence-electron chi connectivity index (χ3n) is 2.35. The Bertz CT molecular complexity index is 253. The highest BCUT2D eigenvalue weighted by atomic mass is 32.2. The standard InChI is InChI=1S/C8H15NO6S/c10-1-4(11)5(12)6(13)7-9-3(2-16-7)8(14)15/h3-7,9-13H,1-2H2,(H,14,15)/t3-,4?,5?,6?,7?/m0/s1. The number of thioether (sulfide) groups is 1. The van der Waals surface area contributed by atoms with E-state index in [1.807, 2.05) is 0 Å². The summed E-state index contributed by atoms with van der Waals surface area (Å²) in [5.74, 6) is -0.752. The van der Waals surface area contributed by atoms with Crippen LogP contribution in [0.4, 0.5) is 0 Å². The lowest BCUT2D eigenvalue weighted by molar-refractivity contribution is -0.139. The van der Waals surface area contributed by atoms with Crippen molar-refractivity contribution in [1.82, 2.24) is 5.32 Å². The Balaban J connectivity index is 2.50. The van der Waals surface area contributed by atoms with Gasteiger partial charge in [-0.15, -0.1) is 11.8 Å². The molecule has 0 radical (unpaired) electrons. The van der Waals surface area contributed by atoms with E-state index < -0.39 is 42.3 Å². The Hall–Kier alpha value is -0.380. The Morgan fingerprint density at radius 1 is 1.44 bits per heavy atom. The summed E-state index contributed by atoms with van der Waals surface area (Å²) >= 11 is 1.15. The van der Waals surface area contributed by atoms with Gasteiger partial charge in [0.15, 0.2) is 0 Å². The van der Waals surface area contributed by atoms with Crippen molar-refractivity contribution in [3.63, 3.8) is 0 Å². The van der Waals surface area contributed by atoms with Gasteiger partial charge in [-0.25, -0.2) is 0 Å². The molecule has 1 rings (SSSR count). The molecular formula is C8H15NO6S. The highest BCUT2D eigenvalue weighted by molar-refractivity contribution is 8.00. The van der Waals surface area contributed by atoms with E-state index in [2.05, 4.69) is 5.32 Å². The topological polar surface area (TPSA) is 130 Å². The summed E-state index contributed by atoms with van der Waals surface area (Å²) in [7, 11) is 0. The second-order valence-electron chi connectivity index (χ2n) is 3.54. The molecule has 0 amide bonds. The van der Waals surface area contributed by atoms with Gasteiger partial charge in [0.25, 0.3) is 0 Å². The summed E-state index contributed by atoms with van der Waals surface area (Å²) in [5.41, 5.74) is 0. The molecule has 5 atom stereocenters. The summed E-state index contributed by atoms with van der Waals surface area (Å²) in [6.07, 6.45) is -4.29. The molecule has 0 aromatic rings. The average molecular weight is 253 g/mol. The number of aliphatic hydroxyl groups is 4. The van der Waals surface area contributed by atoms with Gasteiger partial charge in [0.05, 0.1) is 12.0 Å². The summed E-state index contributed by atoms with van der Waals surface area (Å²) < 4.78 is 0. The van der Waals surface area contributed by atoms with Crippen molar-refractivity contribution in [3.05, 3.63) is 0 Å². The number of aliphatic hydroxyl groups excluding tert-OH is 4. The molecule has 16 heavy (non-hydrogen) atoms. The third kappa shape index (κ3) is 3.06. The predicted molar refractivity (Wildman–Crippen MR) is 55.9 cm³/mol. The van der Waals surface area contributed by atoms with E-state index in [1.165, 1.54) is 0 Å². The molecule has 6 N–H and O–H groups in total. The zero-order valence-corrected chi connectivity index (χ0v) is 9.17. The van der Waals surface area contributed by atoms with Crippen molar-refractivity contribution in [2.75, 3.05) is 12.4 Å². The van der Waals surface area contributed by atoms with Gasteiger partial charge < -0.3 is 25.5 Å². The molecule has 4 unspecified atom stereocenters. The quantitative estimate of drug-likeness (QED) is 0.309. The van der Waals surface area contributed by atoms with Crippen LogP contribution < -0.4 is 5.32 Å². The summed E-state index contributed by atoms with van der Waals surface area (Å²) in [5, 5.41) is 47.4. The first-order valence-electron chi connectivity index (χ1n) is 4.73. The third-order valence-corrected chi connectivity index (χ3v) is 3.65. The molecular weight excluding hydrogens is 238 g/mol. The van der Waals surface area contributed by atoms with E-state index in [1.54, 1.807) is 0 Å². The van der Waals surface area contributed by atoms with E-state index in [0.717, 1.165) is 11.8 Å². The van der Waals surface area contributed by atoms with Crippen molar-refractivity contribution >= 4 is 17.7 Å². The van der Waals surface area contributed by atoms with Crippen molar-refractivity contribution in [3.8, 4) is 0 Å². The molecule has 1 aliphatic rings. The summed E-state index contributed by atoms with van der Waals surface area (Å²) in [6.45, 7) is -0.669. The van der Waals surface area contributed by atoms with Gasteiger partial charge in [0, 0.05) is 5.75 Å². The van der Waals surface area contributed by atoms with Gasteiger partial charge in [0.1, 0.15) is 24.4 Å². The molecule has 1 heterocycles. The minimum atomic E-state index is -1.51. The predicted octanol–water partition coefficient (Wildman–Crippen LogP) is -2.82. The minimum Gasteiger partial charge on any atom is -0.480 e. The van der Waals surface area contributed by atoms with Crippen LogP contribution >= 0.6 is 11.8 Å². The van der Waals surface area contributed by atoms with Crippen LogP contribution in [-0.2, 0) is 4.79 Å². The molecule has 0 aliphatic carbocycles. The number of carboxylic acids is 1. The van der Waals surface area contributed by atoms with Gasteiger partial charge in [-0.05, 0) is 0 Å². The number of carbonyl (C=O) groups is 1. The first-order valence-corrected chi connectivity index (χ1v) is 5.77. The van der Waals surface area contributed by atoms with Crippen LogP contribution in [0.15, 0.2) is 0 Å². The molecule has 0 saturated carbocycles. The van der Waals surface area contributed by atoms with Crippen molar-refractivity contribution in [2.24, 2.45) is 0 Å². The van der Waals surface area contributed by atoms with Gasteiger partial charge in [-0.2, -0.15) is 0 Å². The number of carboxylic acid groups (broad SMARTS) is 1. The maximum atomic E-state index is 10.6. The molecule has 0 bridgehead atoms. The normalized spacial score (nSPS) is 31.0. The van der Waals surface area contributed by atoms with E-state index in [9.17, 15) is 15.0 Å². The number of hydrogen-bond acceptors (Lipinski definition) is 7. The van der Waals surface area contributed by atoms with Crippen molar-refractivity contribution < 1.29 is 30.3 Å². The van der Waals surface area contributed by atoms with Crippen LogP contribution in [0.1, 0.15) is 0 Å². The molecule has 1 fully saturated rings. The highest BCUT2D eigenvalue weighted by Gasteiger charge is 2.38. The Kier molecular flexibility index (Phi) is 4.96. The smallest absolute Gasteiger partial charge is 0.321 e. The lowest BCUT2D eigenvalue weighted by Crippen LogP contribution is -2.50. The number of aliphatic carboxylic acids is 1. The summed E-state index contributed by atoms with van der Waals surface area (Å²) in [6, 6.07) is -0.775. The first-order chi connectivity index (χ1) is 7.47. The SMILES string of the molecule is O=C(O)[C@@H]1CSC(C(O)C(O)C(O)CO)N1. The Morgan fingerprint density at radius 3 is 2.50 bits per heavy atom. The second kappa shape index (κ2) is 5.80. The van der Waals surface area contributed by atoms with Crippen LogP contribution in [0.3, 0.4) is 0 Å². The maximum absolute atomic E-state index is 10.6. The molecule has 7 nitrogen and oxygen atoms in total. The second-order valence-corrected chi connectivity index (χ2v) is 4.72. The summed E-state index contributed by atoms with van der Waals surface area (Å²) in [4.78, 5) is 10.6. The van der Waals surface area contributed by atoms with Gasteiger partial charge >= 0.3 is 5.97 Å².